The quantitative estimate of drug-likeness (QED) is 0.830. The van der Waals surface area contributed by atoms with E-state index < -0.39 is 0 Å². The van der Waals surface area contributed by atoms with Crippen molar-refractivity contribution in [3.8, 4) is 0 Å². The topological polar surface area (TPSA) is 44.8 Å². The highest BCUT2D eigenvalue weighted by atomic mass is 16.5. The van der Waals surface area contributed by atoms with Gasteiger partial charge in [0.25, 0.3) is 5.91 Å². The number of hydrogen-bond donors (Lipinski definition) is 1. The molecule has 5 heteroatoms. The Bertz CT molecular complexity index is 680. The molecule has 0 aromatic heterocycles. The van der Waals surface area contributed by atoms with Crippen LogP contribution >= 0.6 is 0 Å². The van der Waals surface area contributed by atoms with Gasteiger partial charge in [-0.3, -0.25) is 9.69 Å². The normalized spacial score (nSPS) is 15.0. The van der Waals surface area contributed by atoms with Crippen LogP contribution in [-0.2, 0) is 11.3 Å². The van der Waals surface area contributed by atoms with Gasteiger partial charge in [0.1, 0.15) is 0 Å². The number of nitrogens with one attached hydrogen (secondary N) is 1. The van der Waals surface area contributed by atoms with Crippen LogP contribution in [0.1, 0.15) is 15.9 Å². The first-order valence-electron chi connectivity index (χ1n) is 9.14. The van der Waals surface area contributed by atoms with E-state index in [1.165, 1.54) is 5.69 Å². The molecule has 1 heterocycles. The largest absolute Gasteiger partial charge is 0.380 e. The van der Waals surface area contributed by atoms with Crippen LogP contribution in [0.4, 0.5) is 5.69 Å². The number of amides is 1. The molecule has 1 amide bonds. The smallest absolute Gasteiger partial charge is 0.251 e. The van der Waals surface area contributed by atoms with Crippen molar-refractivity contribution in [3.63, 3.8) is 0 Å². The highest BCUT2D eigenvalue weighted by molar-refractivity contribution is 5.94. The number of para-hydroxylation sites is 1. The summed E-state index contributed by atoms with van der Waals surface area (Å²) < 4.78 is 5.09. The van der Waals surface area contributed by atoms with Gasteiger partial charge in [-0.05, 0) is 29.8 Å². The van der Waals surface area contributed by atoms with E-state index in [4.69, 9.17) is 4.74 Å². The van der Waals surface area contributed by atoms with E-state index >= 15 is 0 Å². The summed E-state index contributed by atoms with van der Waals surface area (Å²) in [5.74, 6) is -0.0168. The summed E-state index contributed by atoms with van der Waals surface area (Å²) in [6, 6.07) is 18.1. The van der Waals surface area contributed by atoms with Crippen molar-refractivity contribution in [1.29, 1.82) is 0 Å². The van der Waals surface area contributed by atoms with Crippen LogP contribution in [0.5, 0.6) is 0 Å². The molecule has 0 saturated carbocycles. The molecule has 1 N–H and O–H groups in total. The lowest BCUT2D eigenvalue weighted by atomic mass is 10.1. The summed E-state index contributed by atoms with van der Waals surface area (Å²) >= 11 is 0. The van der Waals surface area contributed by atoms with E-state index in [1.54, 1.807) is 7.11 Å². The van der Waals surface area contributed by atoms with Gasteiger partial charge in [0.2, 0.25) is 0 Å². The molecule has 0 unspecified atom stereocenters. The number of hydrogen-bond acceptors (Lipinski definition) is 4. The van der Waals surface area contributed by atoms with Crippen molar-refractivity contribution in [2.45, 2.75) is 6.61 Å². The number of carbonyl (C=O) groups is 1. The lowest BCUT2D eigenvalue weighted by molar-refractivity contribution is 0.0947. The summed E-state index contributed by atoms with van der Waals surface area (Å²) in [7, 11) is 1.67. The van der Waals surface area contributed by atoms with Crippen LogP contribution in [0.25, 0.3) is 0 Å². The second-order valence-electron chi connectivity index (χ2n) is 6.55. The van der Waals surface area contributed by atoms with Gasteiger partial charge in [-0.2, -0.15) is 0 Å². The second-order valence-corrected chi connectivity index (χ2v) is 6.55. The molecular formula is C21H27N3O2. The number of anilines is 1. The molecular weight excluding hydrogens is 326 g/mol. The molecule has 1 saturated heterocycles. The molecule has 1 fully saturated rings. The fourth-order valence-corrected chi connectivity index (χ4v) is 3.22. The third kappa shape index (κ3) is 5.07. The molecule has 1 aliphatic heterocycles. The number of carbonyl (C=O) groups excluding carboxylic acids is 1. The van der Waals surface area contributed by atoms with Gasteiger partial charge in [0.05, 0.1) is 6.61 Å². The predicted molar refractivity (Wildman–Crippen MR) is 105 cm³/mol. The number of benzene rings is 2. The van der Waals surface area contributed by atoms with E-state index in [1.807, 2.05) is 30.3 Å². The molecule has 0 atom stereocenters. The Kier molecular flexibility index (Phi) is 6.63. The Morgan fingerprint density at radius 2 is 1.69 bits per heavy atom. The van der Waals surface area contributed by atoms with Crippen LogP contribution < -0.4 is 10.2 Å². The number of piperazine rings is 1. The second kappa shape index (κ2) is 9.36. The first-order chi connectivity index (χ1) is 12.8. The number of nitrogens with zero attached hydrogens (tertiary/aromatic N) is 2. The average Bonchev–Trinajstić information content (AvgIpc) is 2.70. The number of ether oxygens (including phenoxy) is 1. The molecule has 3 rings (SSSR count). The van der Waals surface area contributed by atoms with Gasteiger partial charge in [0.15, 0.2) is 0 Å². The van der Waals surface area contributed by atoms with Crippen LogP contribution in [-0.4, -0.2) is 57.2 Å². The standard InChI is InChI=1S/C21H27N3O2/c1-26-17-18-7-9-19(10-8-18)21(25)22-11-12-23-13-15-24(16-14-23)20-5-3-2-4-6-20/h2-10H,11-17H2,1H3,(H,22,25). The van der Waals surface area contributed by atoms with E-state index in [9.17, 15) is 4.79 Å². The fourth-order valence-electron chi connectivity index (χ4n) is 3.22. The van der Waals surface area contributed by atoms with Gasteiger partial charge in [0, 0.05) is 57.6 Å². The zero-order valence-electron chi connectivity index (χ0n) is 15.4. The van der Waals surface area contributed by atoms with Crippen LogP contribution in [0.3, 0.4) is 0 Å². The first kappa shape index (κ1) is 18.4. The maximum absolute atomic E-state index is 12.2. The fraction of sp³-hybridized carbons (Fsp3) is 0.381. The van der Waals surface area contributed by atoms with E-state index in [0.29, 0.717) is 18.7 Å². The SMILES string of the molecule is COCc1ccc(C(=O)NCCN2CCN(c3ccccc3)CC2)cc1. The molecule has 2 aromatic rings. The first-order valence-corrected chi connectivity index (χ1v) is 9.14. The van der Waals surface area contributed by atoms with E-state index in [0.717, 1.165) is 38.3 Å². The Hall–Kier alpha value is -2.37. The molecule has 0 radical (unpaired) electrons. The molecule has 26 heavy (non-hydrogen) atoms. The highest BCUT2D eigenvalue weighted by Crippen LogP contribution is 2.15. The zero-order chi connectivity index (χ0) is 18.2. The Morgan fingerprint density at radius 1 is 1.00 bits per heavy atom. The van der Waals surface area contributed by atoms with E-state index in [2.05, 4.69) is 39.4 Å². The molecule has 2 aromatic carbocycles. The van der Waals surface area contributed by atoms with Crippen molar-refractivity contribution in [1.82, 2.24) is 10.2 Å². The molecule has 0 bridgehead atoms. The number of methoxy groups -OCH3 is 1. The minimum absolute atomic E-state index is 0.0168. The molecule has 0 aliphatic carbocycles. The summed E-state index contributed by atoms with van der Waals surface area (Å²) in [5.41, 5.74) is 3.05. The van der Waals surface area contributed by atoms with Crippen molar-refractivity contribution in [2.24, 2.45) is 0 Å². The van der Waals surface area contributed by atoms with Gasteiger partial charge >= 0.3 is 0 Å². The molecule has 5 nitrogen and oxygen atoms in total. The lowest BCUT2D eigenvalue weighted by Gasteiger charge is -2.36. The predicted octanol–water partition coefficient (Wildman–Crippen LogP) is 2.39. The van der Waals surface area contributed by atoms with Gasteiger partial charge in [-0.1, -0.05) is 30.3 Å². The van der Waals surface area contributed by atoms with Crippen LogP contribution in [0, 0.1) is 0 Å². The maximum atomic E-state index is 12.2. The lowest BCUT2D eigenvalue weighted by Crippen LogP contribution is -2.48. The summed E-state index contributed by atoms with van der Waals surface area (Å²) in [6.07, 6.45) is 0. The van der Waals surface area contributed by atoms with Crippen molar-refractivity contribution < 1.29 is 9.53 Å². The van der Waals surface area contributed by atoms with Gasteiger partial charge < -0.3 is 15.0 Å². The van der Waals surface area contributed by atoms with Crippen LogP contribution in [0.2, 0.25) is 0 Å². The summed E-state index contributed by atoms with van der Waals surface area (Å²) in [6.45, 7) is 6.22. The van der Waals surface area contributed by atoms with Crippen molar-refractivity contribution in [2.75, 3.05) is 51.3 Å². The Labute approximate surface area is 155 Å². The Morgan fingerprint density at radius 3 is 2.35 bits per heavy atom. The minimum Gasteiger partial charge on any atom is -0.380 e. The van der Waals surface area contributed by atoms with Crippen molar-refractivity contribution in [3.05, 3.63) is 65.7 Å². The number of rotatable bonds is 7. The van der Waals surface area contributed by atoms with Crippen molar-refractivity contribution >= 4 is 11.6 Å². The van der Waals surface area contributed by atoms with Gasteiger partial charge in [-0.15, -0.1) is 0 Å². The molecule has 138 valence electrons. The summed E-state index contributed by atoms with van der Waals surface area (Å²) in [5, 5.41) is 3.02. The monoisotopic (exact) mass is 353 g/mol. The van der Waals surface area contributed by atoms with Gasteiger partial charge in [-0.25, -0.2) is 0 Å². The Balaban J connectivity index is 1.38. The third-order valence-corrected chi connectivity index (χ3v) is 4.73. The maximum Gasteiger partial charge on any atom is 0.251 e. The third-order valence-electron chi connectivity index (χ3n) is 4.73. The zero-order valence-corrected chi connectivity index (χ0v) is 15.4. The molecule has 0 spiro atoms. The van der Waals surface area contributed by atoms with E-state index in [-0.39, 0.29) is 5.91 Å². The molecule has 1 aliphatic rings. The summed E-state index contributed by atoms with van der Waals surface area (Å²) in [4.78, 5) is 17.0. The highest BCUT2D eigenvalue weighted by Gasteiger charge is 2.16. The van der Waals surface area contributed by atoms with Crippen LogP contribution in [0.15, 0.2) is 54.6 Å². The minimum atomic E-state index is -0.0168. The average molecular weight is 353 g/mol.